The van der Waals surface area contributed by atoms with Crippen LogP contribution in [0.4, 0.5) is 0 Å². The van der Waals surface area contributed by atoms with Gasteiger partial charge in [-0.1, -0.05) is 47.0 Å². The van der Waals surface area contributed by atoms with Crippen molar-refractivity contribution in [2.45, 2.75) is 41.3 Å². The van der Waals surface area contributed by atoms with Crippen LogP contribution in [-0.2, 0) is 22.7 Å². The number of amides is 1. The summed E-state index contributed by atoms with van der Waals surface area (Å²) in [7, 11) is 0. The van der Waals surface area contributed by atoms with Crippen LogP contribution < -0.4 is 11.4 Å². The van der Waals surface area contributed by atoms with Crippen molar-refractivity contribution in [3.05, 3.63) is 68.3 Å². The summed E-state index contributed by atoms with van der Waals surface area (Å²) in [5, 5.41) is 15.3. The predicted octanol–water partition coefficient (Wildman–Crippen LogP) is 3.31. The highest BCUT2D eigenvalue weighted by atomic mass is 32.2. The van der Waals surface area contributed by atoms with E-state index in [9.17, 15) is 9.59 Å². The number of nitrogens with two attached hydrogens (primary N) is 1. The summed E-state index contributed by atoms with van der Waals surface area (Å²) in [5.74, 6) is 1.26. The minimum Gasteiger partial charge on any atom is -0.423 e. The number of nitrogens with zero attached hydrogens (tertiary/aromatic N) is 6. The van der Waals surface area contributed by atoms with Gasteiger partial charge in [-0.2, -0.15) is 4.98 Å². The van der Waals surface area contributed by atoms with Crippen molar-refractivity contribution < 1.29 is 9.21 Å². The first kappa shape index (κ1) is 23.5. The lowest BCUT2D eigenvalue weighted by Gasteiger charge is -2.05. The summed E-state index contributed by atoms with van der Waals surface area (Å²) >= 11 is 4.47. The van der Waals surface area contributed by atoms with Gasteiger partial charge in [-0.25, -0.2) is 14.3 Å². The van der Waals surface area contributed by atoms with E-state index in [4.69, 9.17) is 10.2 Å². The van der Waals surface area contributed by atoms with E-state index in [1.54, 1.807) is 10.6 Å². The Balaban J connectivity index is 1.26. The number of fused-ring (bicyclic) bond motifs is 2. The van der Waals surface area contributed by atoms with Gasteiger partial charge in [0.25, 0.3) is 5.78 Å². The number of carbonyl (C=O) groups is 1. The van der Waals surface area contributed by atoms with Gasteiger partial charge in [-0.3, -0.25) is 4.79 Å². The molecule has 1 aromatic carbocycles. The first-order chi connectivity index (χ1) is 16.8. The molecule has 0 unspecified atom stereocenters. The van der Waals surface area contributed by atoms with Crippen molar-refractivity contribution in [3.63, 3.8) is 0 Å². The van der Waals surface area contributed by atoms with Gasteiger partial charge in [0.2, 0.25) is 11.1 Å². The minimum absolute atomic E-state index is 0.0877. The van der Waals surface area contributed by atoms with E-state index in [0.29, 0.717) is 33.6 Å². The SMILES string of the molecule is Cc1cc(C)n2nc(SCc3nnc(SCc4cc(=O)oc5cc(CC(N)=O)ccc45)s3)nc2n1. The molecule has 10 nitrogen and oxygen atoms in total. The molecule has 0 aliphatic rings. The molecule has 0 aliphatic heterocycles. The van der Waals surface area contributed by atoms with Gasteiger partial charge in [-0.15, -0.1) is 15.3 Å². The molecule has 0 spiro atoms. The van der Waals surface area contributed by atoms with Gasteiger partial charge in [0.1, 0.15) is 10.6 Å². The van der Waals surface area contributed by atoms with Gasteiger partial charge in [0, 0.05) is 28.6 Å². The van der Waals surface area contributed by atoms with E-state index < -0.39 is 11.5 Å². The molecule has 0 radical (unpaired) electrons. The number of hydrogen-bond donors (Lipinski definition) is 1. The number of aryl methyl sites for hydroxylation is 2. The third-order valence-corrected chi connectivity index (χ3v) is 8.13. The summed E-state index contributed by atoms with van der Waals surface area (Å²) in [6, 6.07) is 8.78. The van der Waals surface area contributed by atoms with E-state index >= 15 is 0 Å². The van der Waals surface area contributed by atoms with Crippen LogP contribution in [0.2, 0.25) is 0 Å². The van der Waals surface area contributed by atoms with E-state index in [2.05, 4.69) is 25.3 Å². The average Bonchev–Trinajstić information content (AvgIpc) is 3.42. The van der Waals surface area contributed by atoms with Gasteiger partial charge in [0.05, 0.1) is 12.2 Å². The Hall–Kier alpha value is -3.29. The van der Waals surface area contributed by atoms with Crippen molar-refractivity contribution in [1.29, 1.82) is 0 Å². The van der Waals surface area contributed by atoms with E-state index in [0.717, 1.165) is 31.7 Å². The first-order valence-corrected chi connectivity index (χ1v) is 13.3. The van der Waals surface area contributed by atoms with Gasteiger partial charge < -0.3 is 10.2 Å². The van der Waals surface area contributed by atoms with Crippen LogP contribution in [-0.4, -0.2) is 35.7 Å². The third-order valence-electron chi connectivity index (χ3n) is 5.00. The third kappa shape index (κ3) is 5.36. The zero-order chi connectivity index (χ0) is 24.5. The fourth-order valence-electron chi connectivity index (χ4n) is 3.53. The van der Waals surface area contributed by atoms with Crippen LogP contribution >= 0.6 is 34.9 Å². The number of hydrogen-bond acceptors (Lipinski definition) is 11. The number of carbonyl (C=O) groups excluding carboxylic acids is 1. The standard InChI is InChI=1S/C22H19N7O3S3/c1-11-5-12(2)29-20(24-11)25-21(28-29)33-10-18-26-27-22(35-18)34-9-14-8-19(31)32-16-6-13(7-17(23)30)3-4-15(14)16/h3-6,8H,7,9-10H2,1-2H3,(H2,23,30). The molecular weight excluding hydrogens is 506 g/mol. The quantitative estimate of drug-likeness (QED) is 0.237. The molecule has 0 fully saturated rings. The highest BCUT2D eigenvalue weighted by Gasteiger charge is 2.13. The molecule has 0 bridgehead atoms. The summed E-state index contributed by atoms with van der Waals surface area (Å²) in [4.78, 5) is 32.2. The molecule has 4 aromatic heterocycles. The predicted molar refractivity (Wildman–Crippen MR) is 135 cm³/mol. The van der Waals surface area contributed by atoms with Crippen LogP contribution in [0.15, 0.2) is 49.0 Å². The van der Waals surface area contributed by atoms with Crippen molar-refractivity contribution >= 4 is 57.5 Å². The number of aromatic nitrogens is 6. The van der Waals surface area contributed by atoms with Gasteiger partial charge >= 0.3 is 5.63 Å². The number of benzene rings is 1. The summed E-state index contributed by atoms with van der Waals surface area (Å²) < 4.78 is 7.85. The van der Waals surface area contributed by atoms with Crippen LogP contribution in [0.5, 0.6) is 0 Å². The summed E-state index contributed by atoms with van der Waals surface area (Å²) in [6.45, 7) is 3.90. The molecule has 0 saturated carbocycles. The second kappa shape index (κ2) is 9.76. The Morgan fingerprint density at radius 3 is 2.80 bits per heavy atom. The van der Waals surface area contributed by atoms with Crippen LogP contribution in [0.1, 0.15) is 27.5 Å². The molecule has 0 aliphatic carbocycles. The Labute approximate surface area is 211 Å². The molecule has 1 amide bonds. The molecule has 35 heavy (non-hydrogen) atoms. The molecular formula is C22H19N7O3S3. The highest BCUT2D eigenvalue weighted by Crippen LogP contribution is 2.31. The second-order valence-corrected chi connectivity index (χ2v) is 11.0. The zero-order valence-electron chi connectivity index (χ0n) is 18.7. The van der Waals surface area contributed by atoms with E-state index in [1.165, 1.54) is 40.9 Å². The fraction of sp³-hybridized carbons (Fsp3) is 0.227. The Morgan fingerprint density at radius 2 is 1.97 bits per heavy atom. The Morgan fingerprint density at radius 1 is 1.11 bits per heavy atom. The van der Waals surface area contributed by atoms with Gasteiger partial charge in [0.15, 0.2) is 4.34 Å². The lowest BCUT2D eigenvalue weighted by molar-refractivity contribution is -0.117. The molecule has 5 aromatic rings. The Kier molecular flexibility index (Phi) is 6.54. The number of primary amides is 1. The van der Waals surface area contributed by atoms with Gasteiger partial charge in [-0.05, 0) is 37.1 Å². The smallest absolute Gasteiger partial charge is 0.336 e. The van der Waals surface area contributed by atoms with E-state index in [-0.39, 0.29) is 6.42 Å². The highest BCUT2D eigenvalue weighted by molar-refractivity contribution is 8.00. The molecule has 0 atom stereocenters. The maximum absolute atomic E-state index is 12.1. The first-order valence-electron chi connectivity index (χ1n) is 10.5. The minimum atomic E-state index is -0.446. The van der Waals surface area contributed by atoms with Crippen LogP contribution in [0.25, 0.3) is 16.7 Å². The van der Waals surface area contributed by atoms with E-state index in [1.807, 2.05) is 32.0 Å². The average molecular weight is 526 g/mol. The molecule has 5 rings (SSSR count). The lowest BCUT2D eigenvalue weighted by atomic mass is 10.1. The summed E-state index contributed by atoms with van der Waals surface area (Å²) in [5.41, 5.74) is 8.66. The normalized spacial score (nSPS) is 11.5. The monoisotopic (exact) mass is 525 g/mol. The molecule has 178 valence electrons. The zero-order valence-corrected chi connectivity index (χ0v) is 21.2. The lowest BCUT2D eigenvalue weighted by Crippen LogP contribution is -2.13. The van der Waals surface area contributed by atoms with Crippen LogP contribution in [0, 0.1) is 13.8 Å². The van der Waals surface area contributed by atoms with Crippen molar-refractivity contribution in [1.82, 2.24) is 29.8 Å². The summed E-state index contributed by atoms with van der Waals surface area (Å²) in [6.07, 6.45) is 0.0877. The maximum Gasteiger partial charge on any atom is 0.336 e. The largest absolute Gasteiger partial charge is 0.423 e. The Bertz CT molecular complexity index is 1630. The van der Waals surface area contributed by atoms with Crippen molar-refractivity contribution in [2.75, 3.05) is 0 Å². The molecule has 4 heterocycles. The van der Waals surface area contributed by atoms with Crippen LogP contribution in [0.3, 0.4) is 0 Å². The second-order valence-electron chi connectivity index (χ2n) is 7.75. The maximum atomic E-state index is 12.1. The number of thioether (sulfide) groups is 2. The molecule has 13 heteroatoms. The van der Waals surface area contributed by atoms with Crippen molar-refractivity contribution in [2.24, 2.45) is 5.73 Å². The fourth-order valence-corrected chi connectivity index (χ4v) is 6.23. The number of rotatable bonds is 8. The molecule has 2 N–H and O–H groups in total. The van der Waals surface area contributed by atoms with Crippen molar-refractivity contribution in [3.8, 4) is 0 Å². The molecule has 0 saturated heterocycles. The topological polar surface area (TPSA) is 142 Å².